The highest BCUT2D eigenvalue weighted by Crippen LogP contribution is 2.38. The van der Waals surface area contributed by atoms with Gasteiger partial charge in [0.2, 0.25) is 0 Å². The molecule has 1 aliphatic rings. The molecule has 0 fully saturated rings. The van der Waals surface area contributed by atoms with Crippen molar-refractivity contribution < 1.29 is 9.15 Å². The molecule has 0 amide bonds. The van der Waals surface area contributed by atoms with Gasteiger partial charge in [-0.3, -0.25) is 5.01 Å². The Morgan fingerprint density at radius 3 is 2.29 bits per heavy atom. The van der Waals surface area contributed by atoms with Crippen molar-refractivity contribution in [3.05, 3.63) is 107 Å². The molecule has 31 heavy (non-hydrogen) atoms. The molecule has 0 saturated heterocycles. The van der Waals surface area contributed by atoms with Crippen molar-refractivity contribution in [1.82, 2.24) is 0 Å². The van der Waals surface area contributed by atoms with Crippen LogP contribution in [0.2, 0.25) is 5.02 Å². The zero-order chi connectivity index (χ0) is 21.2. The predicted octanol–water partition coefficient (Wildman–Crippen LogP) is 6.96. The van der Waals surface area contributed by atoms with Crippen molar-refractivity contribution in [2.24, 2.45) is 5.10 Å². The van der Waals surface area contributed by atoms with E-state index in [1.165, 1.54) is 0 Å². The first-order chi connectivity index (χ1) is 15.2. The van der Waals surface area contributed by atoms with Crippen LogP contribution in [0.5, 0.6) is 5.75 Å². The van der Waals surface area contributed by atoms with Crippen LogP contribution in [-0.4, -0.2) is 12.8 Å². The molecule has 0 spiro atoms. The molecule has 4 nitrogen and oxygen atoms in total. The summed E-state index contributed by atoms with van der Waals surface area (Å²) >= 11 is 6.03. The Morgan fingerprint density at radius 2 is 1.58 bits per heavy atom. The van der Waals surface area contributed by atoms with Gasteiger partial charge in [-0.05, 0) is 78.4 Å². The number of hydrazone groups is 1. The van der Waals surface area contributed by atoms with E-state index in [1.54, 1.807) is 7.11 Å². The van der Waals surface area contributed by atoms with Crippen molar-refractivity contribution in [3.8, 4) is 17.1 Å². The third kappa shape index (κ3) is 3.94. The average Bonchev–Trinajstić information content (AvgIpc) is 3.48. The molecule has 1 aromatic heterocycles. The summed E-state index contributed by atoms with van der Waals surface area (Å²) < 4.78 is 11.6. The summed E-state index contributed by atoms with van der Waals surface area (Å²) in [4.78, 5) is 0. The van der Waals surface area contributed by atoms with Gasteiger partial charge in [-0.2, -0.15) is 5.10 Å². The van der Waals surface area contributed by atoms with Gasteiger partial charge in [0, 0.05) is 17.0 Å². The van der Waals surface area contributed by atoms with Gasteiger partial charge in [0.15, 0.2) is 0 Å². The molecule has 5 rings (SSSR count). The van der Waals surface area contributed by atoms with E-state index in [4.69, 9.17) is 25.9 Å². The molecular formula is C26H21ClN2O2. The zero-order valence-corrected chi connectivity index (χ0v) is 17.8. The second-order valence-corrected chi connectivity index (χ2v) is 7.82. The number of ether oxygens (including phenoxy) is 1. The van der Waals surface area contributed by atoms with Crippen LogP contribution in [-0.2, 0) is 0 Å². The van der Waals surface area contributed by atoms with Gasteiger partial charge in [-0.15, -0.1) is 0 Å². The summed E-state index contributed by atoms with van der Waals surface area (Å²) in [6.45, 7) is 0. The maximum atomic E-state index is 6.29. The van der Waals surface area contributed by atoms with E-state index in [2.05, 4.69) is 12.1 Å². The molecular weight excluding hydrogens is 408 g/mol. The topological polar surface area (TPSA) is 38.0 Å². The summed E-state index contributed by atoms with van der Waals surface area (Å²) in [7, 11) is 1.67. The molecule has 1 atom stereocenters. The Balaban J connectivity index is 1.49. The molecule has 0 bridgehead atoms. The van der Waals surface area contributed by atoms with Crippen LogP contribution >= 0.6 is 11.6 Å². The summed E-state index contributed by atoms with van der Waals surface area (Å²) in [5.41, 5.74) is 4.12. The first kappa shape index (κ1) is 19.5. The lowest BCUT2D eigenvalue weighted by Crippen LogP contribution is -2.17. The van der Waals surface area contributed by atoms with E-state index < -0.39 is 0 Å². The number of methoxy groups -OCH3 is 1. The maximum absolute atomic E-state index is 6.29. The highest BCUT2D eigenvalue weighted by molar-refractivity contribution is 6.30. The molecule has 4 aromatic rings. The predicted molar refractivity (Wildman–Crippen MR) is 125 cm³/mol. The van der Waals surface area contributed by atoms with Gasteiger partial charge in [-0.1, -0.05) is 29.8 Å². The van der Waals surface area contributed by atoms with Crippen LogP contribution in [0.15, 0.2) is 101 Å². The fourth-order valence-electron chi connectivity index (χ4n) is 3.81. The highest BCUT2D eigenvalue weighted by atomic mass is 35.5. The van der Waals surface area contributed by atoms with E-state index >= 15 is 0 Å². The molecule has 1 unspecified atom stereocenters. The fraction of sp³-hybridized carbons (Fsp3) is 0.115. The van der Waals surface area contributed by atoms with Gasteiger partial charge in [-0.25, -0.2) is 0 Å². The number of hydrogen-bond donors (Lipinski definition) is 0. The number of benzene rings is 3. The number of hydrogen-bond acceptors (Lipinski definition) is 4. The van der Waals surface area contributed by atoms with Crippen LogP contribution in [0, 0.1) is 0 Å². The van der Waals surface area contributed by atoms with E-state index in [-0.39, 0.29) is 6.04 Å². The number of anilines is 1. The highest BCUT2D eigenvalue weighted by Gasteiger charge is 2.32. The smallest absolute Gasteiger partial charge is 0.134 e. The minimum absolute atomic E-state index is 0.0273. The fourth-order valence-corrected chi connectivity index (χ4v) is 3.94. The van der Waals surface area contributed by atoms with Crippen molar-refractivity contribution in [2.75, 3.05) is 12.1 Å². The van der Waals surface area contributed by atoms with E-state index in [9.17, 15) is 0 Å². The number of halogens is 1. The number of para-hydroxylation sites is 1. The van der Waals surface area contributed by atoms with Crippen LogP contribution in [0.4, 0.5) is 5.69 Å². The minimum atomic E-state index is -0.0273. The standard InChI is InChI=1S/C26H21ClN2O2/c1-30-22-13-9-18(10-14-22)23-17-24(29(28-23)21-5-3-2-4-6-21)26-16-15-25(31-26)19-7-11-20(27)12-8-19/h2-16,24H,17H2,1H3. The molecule has 2 heterocycles. The lowest BCUT2D eigenvalue weighted by Gasteiger charge is -2.21. The first-order valence-corrected chi connectivity index (χ1v) is 10.5. The Morgan fingerprint density at radius 1 is 0.871 bits per heavy atom. The molecule has 5 heteroatoms. The summed E-state index contributed by atoms with van der Waals surface area (Å²) in [6, 6.07) is 29.9. The number of furan rings is 1. The molecule has 154 valence electrons. The third-order valence-electron chi connectivity index (χ3n) is 5.44. The lowest BCUT2D eigenvalue weighted by atomic mass is 10.0. The normalized spacial score (nSPS) is 15.7. The van der Waals surface area contributed by atoms with Crippen molar-refractivity contribution in [1.29, 1.82) is 0 Å². The quantitative estimate of drug-likeness (QED) is 0.344. The summed E-state index contributed by atoms with van der Waals surface area (Å²) in [6.07, 6.45) is 0.745. The maximum Gasteiger partial charge on any atom is 0.134 e. The second-order valence-electron chi connectivity index (χ2n) is 7.38. The molecule has 0 aliphatic carbocycles. The molecule has 3 aromatic carbocycles. The van der Waals surface area contributed by atoms with Crippen LogP contribution in [0.25, 0.3) is 11.3 Å². The van der Waals surface area contributed by atoms with E-state index in [0.717, 1.165) is 46.2 Å². The summed E-state index contributed by atoms with van der Waals surface area (Å²) in [5.74, 6) is 2.52. The van der Waals surface area contributed by atoms with Crippen molar-refractivity contribution in [2.45, 2.75) is 12.5 Å². The Bertz CT molecular complexity index is 1200. The average molecular weight is 429 g/mol. The minimum Gasteiger partial charge on any atom is -0.497 e. The van der Waals surface area contributed by atoms with Crippen LogP contribution in [0.1, 0.15) is 23.8 Å². The monoisotopic (exact) mass is 428 g/mol. The third-order valence-corrected chi connectivity index (χ3v) is 5.69. The van der Waals surface area contributed by atoms with Crippen molar-refractivity contribution in [3.63, 3.8) is 0 Å². The molecule has 0 saturated carbocycles. The summed E-state index contributed by atoms with van der Waals surface area (Å²) in [5, 5.41) is 7.72. The number of rotatable bonds is 5. The van der Waals surface area contributed by atoms with Gasteiger partial charge in [0.05, 0.1) is 18.5 Å². The first-order valence-electron chi connectivity index (χ1n) is 10.1. The van der Waals surface area contributed by atoms with Crippen LogP contribution in [0.3, 0.4) is 0 Å². The SMILES string of the molecule is COc1ccc(C2=NN(c3ccccc3)C(c3ccc(-c4ccc(Cl)cc4)o3)C2)cc1. The lowest BCUT2D eigenvalue weighted by molar-refractivity contribution is 0.415. The Labute approximate surface area is 186 Å². The van der Waals surface area contributed by atoms with E-state index in [0.29, 0.717) is 5.02 Å². The van der Waals surface area contributed by atoms with Crippen LogP contribution < -0.4 is 9.75 Å². The second kappa shape index (κ2) is 8.32. The Kier molecular flexibility index (Phi) is 5.23. The van der Waals surface area contributed by atoms with Gasteiger partial charge in [0.25, 0.3) is 0 Å². The Hall–Kier alpha value is -3.50. The molecule has 0 N–H and O–H groups in total. The largest absolute Gasteiger partial charge is 0.497 e. The zero-order valence-electron chi connectivity index (χ0n) is 17.0. The number of nitrogens with zero attached hydrogens (tertiary/aromatic N) is 2. The van der Waals surface area contributed by atoms with Gasteiger partial charge < -0.3 is 9.15 Å². The van der Waals surface area contributed by atoms with Crippen molar-refractivity contribution >= 4 is 23.0 Å². The molecule has 1 aliphatic heterocycles. The van der Waals surface area contributed by atoms with Gasteiger partial charge >= 0.3 is 0 Å². The van der Waals surface area contributed by atoms with Gasteiger partial charge in [0.1, 0.15) is 23.3 Å². The van der Waals surface area contributed by atoms with E-state index in [1.807, 2.05) is 83.9 Å². The molecule has 0 radical (unpaired) electrons.